The van der Waals surface area contributed by atoms with Crippen molar-refractivity contribution in [2.45, 2.75) is 0 Å². The fourth-order valence-corrected chi connectivity index (χ4v) is 12.6. The van der Waals surface area contributed by atoms with Gasteiger partial charge in [-0.05, 0) is 128 Å². The Hall–Kier alpha value is -11.3. The molecule has 0 N–H and O–H groups in total. The van der Waals surface area contributed by atoms with Crippen LogP contribution in [0.3, 0.4) is 0 Å². The summed E-state index contributed by atoms with van der Waals surface area (Å²) in [5.41, 5.74) is 21.6. The summed E-state index contributed by atoms with van der Waals surface area (Å²) in [7, 11) is 0. The van der Waals surface area contributed by atoms with Gasteiger partial charge in [0.2, 0.25) is 0 Å². The van der Waals surface area contributed by atoms with Crippen molar-refractivity contribution in [2.75, 3.05) is 4.90 Å². The SMILES string of the molecule is N#Cc1c(-n2c3ccc(-c4ccccc4)cc3c3cc(-c4ccccc4)ccc32)c(-c2ccccc2)c(N(c2ccccc2)c2ccccc2)c(-c2ccccc2)c1-n1c2ccc(-c3ccccc3)cc2c2cc(-c3ccccc3)ccc21. The molecule has 0 saturated carbocycles. The molecule has 0 radical (unpaired) electrons. The molecule has 0 unspecified atom stereocenters. The van der Waals surface area contributed by atoms with Crippen molar-refractivity contribution in [3.63, 3.8) is 0 Å². The van der Waals surface area contributed by atoms with E-state index >= 15 is 0 Å². The molecule has 388 valence electrons. The summed E-state index contributed by atoms with van der Waals surface area (Å²) in [6.07, 6.45) is 0. The summed E-state index contributed by atoms with van der Waals surface area (Å²) < 4.78 is 4.81. The van der Waals surface area contributed by atoms with E-state index in [0.717, 1.165) is 139 Å². The van der Waals surface area contributed by atoms with E-state index in [-0.39, 0.29) is 0 Å². The average Bonchev–Trinajstić information content (AvgIpc) is 2.20. The van der Waals surface area contributed by atoms with Gasteiger partial charge in [0.05, 0.1) is 39.1 Å². The maximum atomic E-state index is 12.9. The fraction of sp³-hybridized carbons (Fsp3) is 0. The number of hydrogen-bond acceptors (Lipinski definition) is 2. The first kappa shape index (κ1) is 48.8. The lowest BCUT2D eigenvalue weighted by atomic mass is 9.87. The third kappa shape index (κ3) is 8.47. The van der Waals surface area contributed by atoms with Crippen molar-refractivity contribution in [3.8, 4) is 84.2 Å². The Morgan fingerprint density at radius 2 is 0.494 bits per heavy atom. The van der Waals surface area contributed by atoms with E-state index in [0.29, 0.717) is 5.56 Å². The van der Waals surface area contributed by atoms with E-state index in [2.05, 4.69) is 336 Å². The van der Waals surface area contributed by atoms with Crippen LogP contribution in [0.2, 0.25) is 0 Å². The van der Waals surface area contributed by atoms with Gasteiger partial charge in [0, 0.05) is 44.0 Å². The Morgan fingerprint density at radius 3 is 0.747 bits per heavy atom. The molecule has 0 aliphatic rings. The van der Waals surface area contributed by atoms with E-state index in [1.165, 1.54) is 0 Å². The molecule has 0 atom stereocenters. The number of benzene rings is 13. The number of hydrogen-bond donors (Lipinski definition) is 0. The van der Waals surface area contributed by atoms with Gasteiger partial charge in [-0.15, -0.1) is 0 Å². The summed E-state index contributed by atoms with van der Waals surface area (Å²) in [6.45, 7) is 0. The Labute approximate surface area is 482 Å². The Bertz CT molecular complexity index is 4420. The molecular formula is C79H52N4. The highest BCUT2D eigenvalue weighted by Gasteiger charge is 2.35. The Kier molecular flexibility index (Phi) is 12.2. The van der Waals surface area contributed by atoms with Crippen molar-refractivity contribution >= 4 is 60.7 Å². The monoisotopic (exact) mass is 1060 g/mol. The molecule has 0 amide bonds. The van der Waals surface area contributed by atoms with Crippen LogP contribution in [0.25, 0.3) is 122 Å². The van der Waals surface area contributed by atoms with Crippen molar-refractivity contribution in [1.82, 2.24) is 9.13 Å². The van der Waals surface area contributed by atoms with E-state index in [9.17, 15) is 5.26 Å². The Balaban J connectivity index is 1.19. The Morgan fingerprint density at radius 1 is 0.253 bits per heavy atom. The first-order chi connectivity index (χ1) is 41.2. The molecule has 15 rings (SSSR count). The largest absolute Gasteiger partial charge is 0.309 e. The summed E-state index contributed by atoms with van der Waals surface area (Å²) >= 11 is 0. The highest BCUT2D eigenvalue weighted by molar-refractivity contribution is 6.17. The highest BCUT2D eigenvalue weighted by atomic mass is 15.2. The second-order valence-corrected chi connectivity index (χ2v) is 21.1. The molecule has 4 heteroatoms. The van der Waals surface area contributed by atoms with Crippen molar-refractivity contribution in [3.05, 3.63) is 321 Å². The molecule has 0 aliphatic heterocycles. The minimum atomic E-state index is 0.531. The van der Waals surface area contributed by atoms with Crippen LogP contribution in [-0.4, -0.2) is 9.13 Å². The van der Waals surface area contributed by atoms with Crippen LogP contribution in [0.4, 0.5) is 17.1 Å². The molecule has 0 fully saturated rings. The maximum Gasteiger partial charge on any atom is 0.104 e. The van der Waals surface area contributed by atoms with Gasteiger partial charge < -0.3 is 14.0 Å². The van der Waals surface area contributed by atoms with Gasteiger partial charge in [0.15, 0.2) is 0 Å². The number of aromatic nitrogens is 2. The molecule has 0 spiro atoms. The topological polar surface area (TPSA) is 36.9 Å². The predicted octanol–water partition coefficient (Wildman–Crippen LogP) is 21.2. The minimum absolute atomic E-state index is 0.531. The summed E-state index contributed by atoms with van der Waals surface area (Å²) in [6, 6.07) is 116. The quantitative estimate of drug-likeness (QED) is 0.129. The van der Waals surface area contributed by atoms with Gasteiger partial charge in [-0.25, -0.2) is 0 Å². The lowest BCUT2D eigenvalue weighted by molar-refractivity contribution is 1.11. The first-order valence-electron chi connectivity index (χ1n) is 28.2. The molecule has 0 bridgehead atoms. The molecular weight excluding hydrogens is 1000 g/mol. The van der Waals surface area contributed by atoms with Crippen molar-refractivity contribution in [1.29, 1.82) is 5.26 Å². The van der Waals surface area contributed by atoms with Crippen LogP contribution < -0.4 is 4.90 Å². The zero-order valence-corrected chi connectivity index (χ0v) is 45.3. The van der Waals surface area contributed by atoms with Crippen molar-refractivity contribution < 1.29 is 0 Å². The van der Waals surface area contributed by atoms with Crippen LogP contribution in [0.5, 0.6) is 0 Å². The third-order valence-electron chi connectivity index (χ3n) is 16.3. The molecule has 0 saturated heterocycles. The molecule has 13 aromatic carbocycles. The zero-order chi connectivity index (χ0) is 55.2. The third-order valence-corrected chi connectivity index (χ3v) is 16.3. The number of nitriles is 1. The fourth-order valence-electron chi connectivity index (χ4n) is 12.6. The number of para-hydroxylation sites is 2. The minimum Gasteiger partial charge on any atom is -0.309 e. The van der Waals surface area contributed by atoms with Gasteiger partial charge in [-0.1, -0.05) is 243 Å². The maximum absolute atomic E-state index is 12.9. The lowest BCUT2D eigenvalue weighted by Crippen LogP contribution is -2.17. The molecule has 83 heavy (non-hydrogen) atoms. The van der Waals surface area contributed by atoms with E-state index in [1.54, 1.807) is 0 Å². The molecule has 2 heterocycles. The predicted molar refractivity (Wildman–Crippen MR) is 347 cm³/mol. The second kappa shape index (κ2) is 20.8. The van der Waals surface area contributed by atoms with E-state index in [1.807, 2.05) is 0 Å². The summed E-state index contributed by atoms with van der Waals surface area (Å²) in [5, 5.41) is 17.2. The second-order valence-electron chi connectivity index (χ2n) is 21.1. The highest BCUT2D eigenvalue weighted by Crippen LogP contribution is 2.56. The van der Waals surface area contributed by atoms with Crippen LogP contribution >= 0.6 is 0 Å². The average molecular weight is 1060 g/mol. The van der Waals surface area contributed by atoms with Crippen LogP contribution in [0, 0.1) is 11.3 Å². The standard InChI is InChI=1S/C79H52N4/c80-53-70-77(82-71-45-41-60(54-25-9-1-10-26-54)49-66(71)67-50-61(42-46-72(67)82)55-27-11-2-12-28-55)75(58-33-17-5-18-34-58)79(81(64-37-21-7-22-38-64)65-39-23-8-24-40-65)76(59-35-19-6-20-36-59)78(70)83-73-47-43-62(56-29-13-3-14-30-56)51-68(73)69-52-63(44-48-74(69)83)57-31-15-4-16-32-57/h1-52H. The normalized spacial score (nSPS) is 11.4. The van der Waals surface area contributed by atoms with Gasteiger partial charge in [-0.2, -0.15) is 5.26 Å². The number of fused-ring (bicyclic) bond motifs is 6. The van der Waals surface area contributed by atoms with E-state index < -0.39 is 0 Å². The van der Waals surface area contributed by atoms with Crippen LogP contribution in [0.15, 0.2) is 315 Å². The van der Waals surface area contributed by atoms with Crippen LogP contribution in [-0.2, 0) is 0 Å². The molecule has 0 aliphatic carbocycles. The van der Waals surface area contributed by atoms with Gasteiger partial charge in [0.1, 0.15) is 11.6 Å². The first-order valence-corrected chi connectivity index (χ1v) is 28.2. The van der Waals surface area contributed by atoms with E-state index in [4.69, 9.17) is 0 Å². The lowest BCUT2D eigenvalue weighted by Gasteiger charge is -2.34. The summed E-state index contributed by atoms with van der Waals surface area (Å²) in [4.78, 5) is 2.42. The van der Waals surface area contributed by atoms with Gasteiger partial charge in [-0.3, -0.25) is 0 Å². The summed E-state index contributed by atoms with van der Waals surface area (Å²) in [5.74, 6) is 0. The van der Waals surface area contributed by atoms with Crippen molar-refractivity contribution in [2.24, 2.45) is 0 Å². The van der Waals surface area contributed by atoms with Crippen LogP contribution in [0.1, 0.15) is 5.56 Å². The zero-order valence-electron chi connectivity index (χ0n) is 45.3. The number of nitrogens with zero attached hydrogens (tertiary/aromatic N) is 4. The molecule has 15 aromatic rings. The van der Waals surface area contributed by atoms with Gasteiger partial charge in [0.25, 0.3) is 0 Å². The molecule has 2 aromatic heterocycles. The smallest absolute Gasteiger partial charge is 0.104 e. The molecule has 4 nitrogen and oxygen atoms in total. The van der Waals surface area contributed by atoms with Gasteiger partial charge >= 0.3 is 0 Å². The number of rotatable bonds is 11. The number of anilines is 3.